The van der Waals surface area contributed by atoms with Crippen molar-refractivity contribution < 1.29 is 14.7 Å². The van der Waals surface area contributed by atoms with Crippen molar-refractivity contribution in [3.8, 4) is 0 Å². The van der Waals surface area contributed by atoms with Gasteiger partial charge in [0.2, 0.25) is 5.91 Å². The van der Waals surface area contributed by atoms with Crippen LogP contribution in [0, 0.1) is 18.8 Å². The molecule has 1 aromatic carbocycles. The molecule has 25 heavy (non-hydrogen) atoms. The number of carbonyl (C=O) groups is 2. The van der Waals surface area contributed by atoms with Gasteiger partial charge in [0.25, 0.3) is 5.91 Å². The molecule has 1 aromatic rings. The second kappa shape index (κ2) is 8.99. The molecule has 0 saturated heterocycles. The summed E-state index contributed by atoms with van der Waals surface area (Å²) in [5, 5.41) is 15.2. The molecule has 0 bridgehead atoms. The fourth-order valence-electron chi connectivity index (χ4n) is 3.24. The number of hydrogen-bond acceptors (Lipinski definition) is 3. The van der Waals surface area contributed by atoms with E-state index in [9.17, 15) is 14.7 Å². The van der Waals surface area contributed by atoms with Gasteiger partial charge < -0.3 is 15.7 Å². The highest BCUT2D eigenvalue weighted by Crippen LogP contribution is 2.23. The quantitative estimate of drug-likeness (QED) is 0.740. The van der Waals surface area contributed by atoms with Crippen LogP contribution >= 0.6 is 0 Å². The Morgan fingerprint density at radius 3 is 2.24 bits per heavy atom. The van der Waals surface area contributed by atoms with Crippen LogP contribution in [-0.2, 0) is 4.79 Å². The molecule has 1 aliphatic rings. The highest BCUT2D eigenvalue weighted by atomic mass is 16.3. The van der Waals surface area contributed by atoms with Crippen LogP contribution in [0.2, 0.25) is 0 Å². The van der Waals surface area contributed by atoms with Crippen molar-refractivity contribution in [3.05, 3.63) is 35.4 Å². The zero-order valence-corrected chi connectivity index (χ0v) is 15.4. The summed E-state index contributed by atoms with van der Waals surface area (Å²) in [6, 6.07) is 6.90. The van der Waals surface area contributed by atoms with Crippen molar-refractivity contribution >= 4 is 11.8 Å². The number of nitrogens with one attached hydrogen (secondary N) is 2. The first-order valence-corrected chi connectivity index (χ1v) is 9.19. The molecule has 1 atom stereocenters. The zero-order valence-electron chi connectivity index (χ0n) is 15.4. The predicted octanol–water partition coefficient (Wildman–Crippen LogP) is 2.42. The maximum Gasteiger partial charge on any atom is 0.251 e. The summed E-state index contributed by atoms with van der Waals surface area (Å²) in [5.74, 6) is 0.0132. The van der Waals surface area contributed by atoms with Crippen LogP contribution in [0.5, 0.6) is 0 Å². The molecule has 1 unspecified atom stereocenters. The monoisotopic (exact) mass is 346 g/mol. The van der Waals surface area contributed by atoms with E-state index in [0.717, 1.165) is 31.2 Å². The predicted molar refractivity (Wildman–Crippen MR) is 98.2 cm³/mol. The molecular formula is C20H30N2O3. The second-order valence-corrected chi connectivity index (χ2v) is 7.47. The zero-order chi connectivity index (χ0) is 18.4. The summed E-state index contributed by atoms with van der Waals surface area (Å²) in [5.41, 5.74) is 1.65. The van der Waals surface area contributed by atoms with Crippen LogP contribution in [0.3, 0.4) is 0 Å². The lowest BCUT2D eigenvalue weighted by Crippen LogP contribution is -2.52. The standard InChI is InChI=1S/C20H30N2O3/c1-13(2)18(22-19(24)16-8-4-14(3)5-9-16)20(25)21-17-10-6-15(12-23)7-11-17/h4-5,8-9,13,15,17-18,23H,6-7,10-12H2,1-3H3,(H,21,25)(H,22,24). The van der Waals surface area contributed by atoms with Gasteiger partial charge in [-0.05, 0) is 56.6 Å². The summed E-state index contributed by atoms with van der Waals surface area (Å²) >= 11 is 0. The van der Waals surface area contributed by atoms with Gasteiger partial charge in [-0.3, -0.25) is 9.59 Å². The topological polar surface area (TPSA) is 78.4 Å². The lowest BCUT2D eigenvalue weighted by molar-refractivity contribution is -0.125. The van der Waals surface area contributed by atoms with Gasteiger partial charge in [-0.25, -0.2) is 0 Å². The van der Waals surface area contributed by atoms with Crippen molar-refractivity contribution in [1.29, 1.82) is 0 Å². The Labute approximate surface area is 150 Å². The first-order chi connectivity index (χ1) is 11.9. The Hall–Kier alpha value is -1.88. The molecule has 5 heteroatoms. The average Bonchev–Trinajstić information content (AvgIpc) is 2.60. The van der Waals surface area contributed by atoms with E-state index in [1.807, 2.05) is 32.9 Å². The number of hydrogen-bond donors (Lipinski definition) is 3. The minimum absolute atomic E-state index is 0.00294. The van der Waals surface area contributed by atoms with Crippen LogP contribution in [-0.4, -0.2) is 35.6 Å². The summed E-state index contributed by atoms with van der Waals surface area (Å²) in [6.45, 7) is 6.06. The van der Waals surface area contributed by atoms with E-state index in [2.05, 4.69) is 10.6 Å². The van der Waals surface area contributed by atoms with Crippen molar-refractivity contribution in [1.82, 2.24) is 10.6 Å². The molecule has 0 heterocycles. The molecule has 138 valence electrons. The smallest absolute Gasteiger partial charge is 0.251 e. The van der Waals surface area contributed by atoms with Gasteiger partial charge >= 0.3 is 0 Å². The number of aliphatic hydroxyl groups excluding tert-OH is 1. The maximum absolute atomic E-state index is 12.6. The molecule has 2 amide bonds. The average molecular weight is 346 g/mol. The van der Waals surface area contributed by atoms with E-state index in [1.165, 1.54) is 0 Å². The number of aliphatic hydroxyl groups is 1. The van der Waals surface area contributed by atoms with Crippen LogP contribution < -0.4 is 10.6 Å². The normalized spacial score (nSPS) is 21.6. The van der Waals surface area contributed by atoms with E-state index in [1.54, 1.807) is 12.1 Å². The van der Waals surface area contributed by atoms with Gasteiger partial charge in [-0.2, -0.15) is 0 Å². The molecule has 1 saturated carbocycles. The van der Waals surface area contributed by atoms with E-state index in [0.29, 0.717) is 11.5 Å². The number of carbonyl (C=O) groups excluding carboxylic acids is 2. The molecule has 0 radical (unpaired) electrons. The van der Waals surface area contributed by atoms with Crippen molar-refractivity contribution in [2.24, 2.45) is 11.8 Å². The lowest BCUT2D eigenvalue weighted by atomic mass is 9.86. The summed E-state index contributed by atoms with van der Waals surface area (Å²) in [7, 11) is 0. The van der Waals surface area contributed by atoms with Gasteiger partial charge in [0.15, 0.2) is 0 Å². The third-order valence-corrected chi connectivity index (χ3v) is 5.00. The van der Waals surface area contributed by atoms with Crippen LogP contribution in [0.1, 0.15) is 55.5 Å². The first-order valence-electron chi connectivity index (χ1n) is 9.19. The summed E-state index contributed by atoms with van der Waals surface area (Å²) in [4.78, 5) is 25.1. The Kier molecular flexibility index (Phi) is 7.00. The largest absolute Gasteiger partial charge is 0.396 e. The van der Waals surface area contributed by atoms with Crippen molar-refractivity contribution in [2.45, 2.75) is 58.5 Å². The molecule has 0 spiro atoms. The SMILES string of the molecule is Cc1ccc(C(=O)NC(C(=O)NC2CCC(CO)CC2)C(C)C)cc1. The van der Waals surface area contributed by atoms with Crippen LogP contribution in [0.4, 0.5) is 0 Å². The van der Waals surface area contributed by atoms with Gasteiger partial charge in [0.1, 0.15) is 6.04 Å². The number of aryl methyl sites for hydroxylation is 1. The first kappa shape index (κ1) is 19.4. The molecule has 3 N–H and O–H groups in total. The Bertz CT molecular complexity index is 575. The van der Waals surface area contributed by atoms with E-state index in [4.69, 9.17) is 0 Å². The third kappa shape index (κ3) is 5.56. The number of amides is 2. The van der Waals surface area contributed by atoms with Gasteiger partial charge in [0, 0.05) is 18.2 Å². The number of rotatable bonds is 6. The minimum atomic E-state index is -0.552. The molecule has 2 rings (SSSR count). The number of benzene rings is 1. The Morgan fingerprint density at radius 2 is 1.72 bits per heavy atom. The van der Waals surface area contributed by atoms with E-state index in [-0.39, 0.29) is 30.4 Å². The summed E-state index contributed by atoms with van der Waals surface area (Å²) < 4.78 is 0. The van der Waals surface area contributed by atoms with Crippen LogP contribution in [0.15, 0.2) is 24.3 Å². The van der Waals surface area contributed by atoms with Crippen molar-refractivity contribution in [3.63, 3.8) is 0 Å². The molecular weight excluding hydrogens is 316 g/mol. The highest BCUT2D eigenvalue weighted by molar-refractivity contribution is 5.97. The molecule has 1 aliphatic carbocycles. The maximum atomic E-state index is 12.6. The second-order valence-electron chi connectivity index (χ2n) is 7.47. The Morgan fingerprint density at radius 1 is 1.12 bits per heavy atom. The molecule has 0 aliphatic heterocycles. The fourth-order valence-corrected chi connectivity index (χ4v) is 3.24. The minimum Gasteiger partial charge on any atom is -0.396 e. The summed E-state index contributed by atoms with van der Waals surface area (Å²) in [6.07, 6.45) is 3.63. The van der Waals surface area contributed by atoms with Gasteiger partial charge in [-0.1, -0.05) is 31.5 Å². The van der Waals surface area contributed by atoms with Crippen molar-refractivity contribution in [2.75, 3.05) is 6.61 Å². The van der Waals surface area contributed by atoms with E-state index >= 15 is 0 Å². The van der Waals surface area contributed by atoms with Crippen LogP contribution in [0.25, 0.3) is 0 Å². The van der Waals surface area contributed by atoms with E-state index < -0.39 is 6.04 Å². The van der Waals surface area contributed by atoms with Gasteiger partial charge in [-0.15, -0.1) is 0 Å². The third-order valence-electron chi connectivity index (χ3n) is 5.00. The Balaban J connectivity index is 1.94. The molecule has 0 aromatic heterocycles. The lowest BCUT2D eigenvalue weighted by Gasteiger charge is -2.30. The highest BCUT2D eigenvalue weighted by Gasteiger charge is 2.28. The fraction of sp³-hybridized carbons (Fsp3) is 0.600. The molecule has 5 nitrogen and oxygen atoms in total. The molecule has 1 fully saturated rings. The van der Waals surface area contributed by atoms with Gasteiger partial charge in [0.05, 0.1) is 0 Å².